The molecule has 4 nitrogen and oxygen atoms in total. The Morgan fingerprint density at radius 3 is 2.88 bits per heavy atom. The van der Waals surface area contributed by atoms with E-state index in [4.69, 9.17) is 0 Å². The molecule has 5 rings (SSSR count). The topological polar surface area (TPSA) is 44.4 Å². The molecular weight excluding hydrogens is 330 g/mol. The van der Waals surface area contributed by atoms with Gasteiger partial charge in [-0.2, -0.15) is 0 Å². The van der Waals surface area contributed by atoms with Gasteiger partial charge in [0.2, 0.25) is 0 Å². The minimum Gasteiger partial charge on any atom is -0.353 e. The molecular formula is C20H19N3OS. The van der Waals surface area contributed by atoms with Crippen LogP contribution in [-0.2, 0) is 13.0 Å². The maximum Gasteiger partial charge on any atom is 0.256 e. The smallest absolute Gasteiger partial charge is 0.256 e. The number of carbonyl (C=O) groups is 1. The van der Waals surface area contributed by atoms with E-state index in [9.17, 15) is 4.79 Å². The fraction of sp³-hybridized carbons (Fsp3) is 0.250. The Balaban J connectivity index is 1.58. The summed E-state index contributed by atoms with van der Waals surface area (Å²) in [5.74, 6) is 0.0498. The maximum atomic E-state index is 12.9. The Bertz CT molecular complexity index is 989. The zero-order valence-electron chi connectivity index (χ0n) is 14.0. The molecule has 0 bridgehead atoms. The summed E-state index contributed by atoms with van der Waals surface area (Å²) in [7, 11) is 2.13. The quantitative estimate of drug-likeness (QED) is 0.703. The number of thiophene rings is 1. The first-order chi connectivity index (χ1) is 12.2. The summed E-state index contributed by atoms with van der Waals surface area (Å²) in [6.07, 6.45) is 0.759. The van der Waals surface area contributed by atoms with Crippen LogP contribution in [-0.4, -0.2) is 24.4 Å². The molecule has 0 radical (unpaired) electrons. The fourth-order valence-corrected chi connectivity index (χ4v) is 5.25. The van der Waals surface area contributed by atoms with E-state index in [1.165, 1.54) is 21.2 Å². The summed E-state index contributed by atoms with van der Waals surface area (Å²) >= 11 is 1.74. The number of carbonyl (C=O) groups excluding carboxylic acids is 1. The van der Waals surface area contributed by atoms with Gasteiger partial charge in [-0.1, -0.05) is 42.5 Å². The van der Waals surface area contributed by atoms with Crippen LogP contribution < -0.4 is 10.6 Å². The Labute approximate surface area is 150 Å². The molecule has 2 aromatic carbocycles. The van der Waals surface area contributed by atoms with E-state index in [2.05, 4.69) is 52.9 Å². The van der Waals surface area contributed by atoms with Crippen molar-refractivity contribution in [2.75, 3.05) is 18.9 Å². The van der Waals surface area contributed by atoms with Crippen LogP contribution >= 0.6 is 11.3 Å². The van der Waals surface area contributed by atoms with Crippen molar-refractivity contribution >= 4 is 33.0 Å². The molecule has 2 aliphatic rings. The highest BCUT2D eigenvalue weighted by atomic mass is 32.1. The van der Waals surface area contributed by atoms with E-state index >= 15 is 0 Å². The first-order valence-electron chi connectivity index (χ1n) is 8.59. The van der Waals surface area contributed by atoms with Crippen LogP contribution in [0.15, 0.2) is 42.5 Å². The van der Waals surface area contributed by atoms with E-state index < -0.39 is 0 Å². The van der Waals surface area contributed by atoms with Gasteiger partial charge in [0, 0.05) is 23.5 Å². The number of nitrogens with zero attached hydrogens (tertiary/aromatic N) is 1. The summed E-state index contributed by atoms with van der Waals surface area (Å²) in [6.45, 7) is 1.94. The summed E-state index contributed by atoms with van der Waals surface area (Å²) in [4.78, 5) is 16.5. The molecule has 1 aromatic heterocycles. The number of fused-ring (bicyclic) bond motifs is 4. The van der Waals surface area contributed by atoms with Gasteiger partial charge >= 0.3 is 0 Å². The highest BCUT2D eigenvalue weighted by Gasteiger charge is 2.33. The Morgan fingerprint density at radius 2 is 1.96 bits per heavy atom. The number of benzene rings is 2. The number of nitrogens with one attached hydrogen (secondary N) is 2. The van der Waals surface area contributed by atoms with Crippen LogP contribution in [0.3, 0.4) is 0 Å². The Morgan fingerprint density at radius 1 is 1.12 bits per heavy atom. The predicted molar refractivity (Wildman–Crippen MR) is 102 cm³/mol. The van der Waals surface area contributed by atoms with Crippen molar-refractivity contribution in [1.82, 2.24) is 10.2 Å². The summed E-state index contributed by atoms with van der Waals surface area (Å²) in [5.41, 5.74) is 3.21. The highest BCUT2D eigenvalue weighted by Crippen LogP contribution is 2.41. The first kappa shape index (κ1) is 14.9. The minimum absolute atomic E-state index is 0.0498. The molecule has 0 aliphatic carbocycles. The predicted octanol–water partition coefficient (Wildman–Crippen LogP) is 3.74. The molecule has 3 heterocycles. The lowest BCUT2D eigenvalue weighted by Gasteiger charge is -2.28. The van der Waals surface area contributed by atoms with Crippen LogP contribution in [0.4, 0.5) is 5.00 Å². The normalized spacial score (nSPS) is 19.9. The van der Waals surface area contributed by atoms with Crippen LogP contribution in [0.1, 0.15) is 32.5 Å². The van der Waals surface area contributed by atoms with Gasteiger partial charge in [0.05, 0.1) is 5.56 Å². The van der Waals surface area contributed by atoms with Gasteiger partial charge in [0.15, 0.2) is 0 Å². The lowest BCUT2D eigenvalue weighted by molar-refractivity contribution is 0.0935. The molecule has 1 atom stereocenters. The zero-order chi connectivity index (χ0) is 17.0. The third-order valence-electron chi connectivity index (χ3n) is 5.16. The minimum atomic E-state index is -0.191. The molecule has 1 amide bonds. The second kappa shape index (κ2) is 5.58. The van der Waals surface area contributed by atoms with Crippen LogP contribution in [0.2, 0.25) is 0 Å². The summed E-state index contributed by atoms with van der Waals surface area (Å²) in [5, 5.41) is 10.1. The molecule has 0 saturated carbocycles. The lowest BCUT2D eigenvalue weighted by Crippen LogP contribution is -2.38. The van der Waals surface area contributed by atoms with Crippen LogP contribution in [0, 0.1) is 0 Å². The maximum absolute atomic E-state index is 12.9. The molecule has 0 fully saturated rings. The molecule has 126 valence electrons. The van der Waals surface area contributed by atoms with Gasteiger partial charge in [-0.25, -0.2) is 0 Å². The number of rotatable bonds is 1. The van der Waals surface area contributed by atoms with Gasteiger partial charge in [-0.05, 0) is 29.8 Å². The van der Waals surface area contributed by atoms with Crippen molar-refractivity contribution in [3.8, 4) is 0 Å². The van der Waals surface area contributed by atoms with E-state index in [-0.39, 0.29) is 12.1 Å². The fourth-order valence-electron chi connectivity index (χ4n) is 3.90. The Hall–Kier alpha value is -2.37. The van der Waals surface area contributed by atoms with Crippen molar-refractivity contribution in [2.45, 2.75) is 19.1 Å². The van der Waals surface area contributed by atoms with Crippen LogP contribution in [0.5, 0.6) is 0 Å². The molecule has 5 heteroatoms. The SMILES string of the molecule is CN1CCc2c(sc3c2C(=O)N[C@H](c2cccc4ccccc24)N3)C1. The third-order valence-corrected chi connectivity index (χ3v) is 6.31. The van der Waals surface area contributed by atoms with E-state index in [0.717, 1.165) is 35.6 Å². The van der Waals surface area contributed by atoms with E-state index in [0.29, 0.717) is 0 Å². The average molecular weight is 349 g/mol. The molecule has 25 heavy (non-hydrogen) atoms. The standard InChI is InChI=1S/C20H19N3OS/c1-23-10-9-15-16(11-23)25-20-17(15)19(24)21-18(22-20)14-8-4-6-12-5-2-3-7-13(12)14/h2-8,18,22H,9-11H2,1H3,(H,21,24)/t18-/m0/s1. The van der Waals surface area contributed by atoms with E-state index in [1.807, 2.05) is 12.1 Å². The molecule has 2 aliphatic heterocycles. The molecule has 0 unspecified atom stereocenters. The van der Waals surface area contributed by atoms with Gasteiger partial charge < -0.3 is 15.5 Å². The van der Waals surface area contributed by atoms with Crippen molar-refractivity contribution in [3.05, 3.63) is 64.0 Å². The monoisotopic (exact) mass is 349 g/mol. The summed E-state index contributed by atoms with van der Waals surface area (Å²) in [6, 6.07) is 14.6. The van der Waals surface area contributed by atoms with Crippen molar-refractivity contribution in [1.29, 1.82) is 0 Å². The highest BCUT2D eigenvalue weighted by molar-refractivity contribution is 7.16. The summed E-state index contributed by atoms with van der Waals surface area (Å²) < 4.78 is 0. The van der Waals surface area contributed by atoms with Gasteiger partial charge in [-0.3, -0.25) is 4.79 Å². The second-order valence-electron chi connectivity index (χ2n) is 6.81. The van der Waals surface area contributed by atoms with Gasteiger partial charge in [-0.15, -0.1) is 11.3 Å². The van der Waals surface area contributed by atoms with E-state index in [1.54, 1.807) is 11.3 Å². The van der Waals surface area contributed by atoms with Crippen molar-refractivity contribution in [2.24, 2.45) is 0 Å². The number of hydrogen-bond donors (Lipinski definition) is 2. The average Bonchev–Trinajstić information content (AvgIpc) is 2.99. The largest absolute Gasteiger partial charge is 0.353 e. The zero-order valence-corrected chi connectivity index (χ0v) is 14.8. The molecule has 0 saturated heterocycles. The van der Waals surface area contributed by atoms with Gasteiger partial charge in [0.25, 0.3) is 5.91 Å². The first-order valence-corrected chi connectivity index (χ1v) is 9.40. The van der Waals surface area contributed by atoms with Crippen LogP contribution in [0.25, 0.3) is 10.8 Å². The number of hydrogen-bond acceptors (Lipinski definition) is 4. The molecule has 2 N–H and O–H groups in total. The Kier molecular flexibility index (Phi) is 3.33. The molecule has 3 aromatic rings. The van der Waals surface area contributed by atoms with Crippen molar-refractivity contribution in [3.63, 3.8) is 0 Å². The van der Waals surface area contributed by atoms with Crippen molar-refractivity contribution < 1.29 is 4.79 Å². The third kappa shape index (κ3) is 2.34. The number of likely N-dealkylation sites (N-methyl/N-ethyl adjacent to an activating group) is 1. The molecule has 0 spiro atoms. The number of anilines is 1. The second-order valence-corrected chi connectivity index (χ2v) is 7.92. The number of amides is 1. The van der Waals surface area contributed by atoms with Gasteiger partial charge in [0.1, 0.15) is 11.2 Å². The lowest BCUT2D eigenvalue weighted by atomic mass is 9.98.